The van der Waals surface area contributed by atoms with Crippen molar-refractivity contribution in [2.24, 2.45) is 5.92 Å². The number of hydrogen-bond acceptors (Lipinski definition) is 4. The number of fused-ring (bicyclic) bond motifs is 1. The summed E-state index contributed by atoms with van der Waals surface area (Å²) in [5.74, 6) is 0.736. The first-order valence-electron chi connectivity index (χ1n) is 11.3. The Labute approximate surface area is 193 Å². The minimum atomic E-state index is -0.448. The van der Waals surface area contributed by atoms with E-state index in [0.717, 1.165) is 11.3 Å². The summed E-state index contributed by atoms with van der Waals surface area (Å²) < 4.78 is 0. The number of anilines is 1. The molecule has 3 aliphatic rings. The average Bonchev–Trinajstić information content (AvgIpc) is 2.79. The molecule has 4 rings (SSSR count). The van der Waals surface area contributed by atoms with E-state index in [1.165, 1.54) is 43.9 Å². The van der Waals surface area contributed by atoms with Crippen LogP contribution in [0.2, 0.25) is 5.02 Å². The quantitative estimate of drug-likeness (QED) is 0.711. The third-order valence-electron chi connectivity index (χ3n) is 6.60. The van der Waals surface area contributed by atoms with Gasteiger partial charge in [-0.05, 0) is 30.5 Å². The zero-order valence-corrected chi connectivity index (χ0v) is 19.3. The molecule has 1 saturated carbocycles. The number of thioether (sulfide) groups is 1. The number of nitrogens with zero attached hydrogens (tertiary/aromatic N) is 2. The van der Waals surface area contributed by atoms with Gasteiger partial charge in [-0.1, -0.05) is 43.7 Å². The summed E-state index contributed by atoms with van der Waals surface area (Å²) in [5, 5.41) is 2.98. The number of carbonyl (C=O) groups is 3. The number of carbonyl (C=O) groups excluding carboxylic acids is 3. The van der Waals surface area contributed by atoms with Crippen LogP contribution in [0.4, 0.5) is 5.69 Å². The maximum atomic E-state index is 12.8. The van der Waals surface area contributed by atoms with E-state index in [9.17, 15) is 14.4 Å². The minimum Gasteiger partial charge on any atom is -0.339 e. The molecule has 1 aliphatic carbocycles. The summed E-state index contributed by atoms with van der Waals surface area (Å²) in [6.07, 6.45) is 8.25. The molecule has 1 aromatic rings. The number of benzene rings is 1. The van der Waals surface area contributed by atoms with E-state index in [1.807, 2.05) is 11.0 Å². The Balaban J connectivity index is 1.22. The molecule has 0 spiro atoms. The molecule has 8 heteroatoms. The summed E-state index contributed by atoms with van der Waals surface area (Å²) in [7, 11) is 0. The highest BCUT2D eigenvalue weighted by Crippen LogP contribution is 2.38. The standard InChI is InChI=1S/C23H30ClN3O3S/c24-17-7-8-19-18(14-17)25-23(30)20(31-19)15-22(29)27-12-10-26(11-13-27)21(28)9-6-16-4-2-1-3-5-16/h7-8,14,16,20H,1-6,9-13,15H2,(H,25,30). The Morgan fingerprint density at radius 1 is 1.03 bits per heavy atom. The second kappa shape index (κ2) is 10.3. The van der Waals surface area contributed by atoms with Crippen LogP contribution in [-0.4, -0.2) is 59.0 Å². The largest absolute Gasteiger partial charge is 0.339 e. The lowest BCUT2D eigenvalue weighted by Gasteiger charge is -2.36. The normalized spacial score (nSPS) is 22.1. The van der Waals surface area contributed by atoms with Crippen molar-refractivity contribution in [3.05, 3.63) is 23.2 Å². The van der Waals surface area contributed by atoms with Gasteiger partial charge >= 0.3 is 0 Å². The van der Waals surface area contributed by atoms with Crippen molar-refractivity contribution in [2.45, 2.75) is 61.5 Å². The van der Waals surface area contributed by atoms with Gasteiger partial charge in [-0.25, -0.2) is 0 Å². The fraction of sp³-hybridized carbons (Fsp3) is 0.609. The smallest absolute Gasteiger partial charge is 0.238 e. The van der Waals surface area contributed by atoms with E-state index in [0.29, 0.717) is 49.2 Å². The lowest BCUT2D eigenvalue weighted by Crippen LogP contribution is -2.51. The van der Waals surface area contributed by atoms with Crippen molar-refractivity contribution in [1.29, 1.82) is 0 Å². The van der Waals surface area contributed by atoms with Crippen molar-refractivity contribution in [3.8, 4) is 0 Å². The maximum Gasteiger partial charge on any atom is 0.238 e. The second-order valence-corrected chi connectivity index (χ2v) is 10.4. The topological polar surface area (TPSA) is 69.7 Å². The number of nitrogens with one attached hydrogen (secondary N) is 1. The highest BCUT2D eigenvalue weighted by atomic mass is 35.5. The van der Waals surface area contributed by atoms with Crippen LogP contribution in [0.1, 0.15) is 51.4 Å². The highest BCUT2D eigenvalue weighted by Gasteiger charge is 2.32. The Morgan fingerprint density at radius 2 is 1.71 bits per heavy atom. The predicted molar refractivity (Wildman–Crippen MR) is 123 cm³/mol. The average molecular weight is 464 g/mol. The van der Waals surface area contributed by atoms with E-state index in [1.54, 1.807) is 17.0 Å². The molecular weight excluding hydrogens is 434 g/mol. The van der Waals surface area contributed by atoms with Crippen molar-refractivity contribution in [3.63, 3.8) is 0 Å². The summed E-state index contributed by atoms with van der Waals surface area (Å²) in [6.45, 7) is 2.25. The molecule has 6 nitrogen and oxygen atoms in total. The SMILES string of the molecule is O=C1Nc2cc(Cl)ccc2SC1CC(=O)N1CCN(C(=O)CCC2CCCCC2)CC1. The molecule has 1 saturated heterocycles. The zero-order valence-electron chi connectivity index (χ0n) is 17.8. The Kier molecular flexibility index (Phi) is 7.43. The van der Waals surface area contributed by atoms with Crippen LogP contribution in [-0.2, 0) is 14.4 Å². The molecule has 2 heterocycles. The summed E-state index contributed by atoms with van der Waals surface area (Å²) >= 11 is 7.40. The van der Waals surface area contributed by atoms with Gasteiger partial charge in [-0.15, -0.1) is 11.8 Å². The van der Waals surface area contributed by atoms with Gasteiger partial charge in [0.25, 0.3) is 0 Å². The predicted octanol–water partition coefficient (Wildman–Crippen LogP) is 4.17. The number of piperazine rings is 1. The van der Waals surface area contributed by atoms with Gasteiger partial charge in [0, 0.05) is 48.9 Å². The lowest BCUT2D eigenvalue weighted by molar-refractivity contribution is -0.140. The first-order valence-corrected chi connectivity index (χ1v) is 12.6. The van der Waals surface area contributed by atoms with Crippen molar-refractivity contribution in [1.82, 2.24) is 9.80 Å². The van der Waals surface area contributed by atoms with E-state index >= 15 is 0 Å². The zero-order chi connectivity index (χ0) is 21.8. The van der Waals surface area contributed by atoms with Crippen molar-refractivity contribution in [2.75, 3.05) is 31.5 Å². The van der Waals surface area contributed by atoms with Crippen LogP contribution < -0.4 is 5.32 Å². The Morgan fingerprint density at radius 3 is 2.42 bits per heavy atom. The fourth-order valence-electron chi connectivity index (χ4n) is 4.71. The summed E-state index contributed by atoms with van der Waals surface area (Å²) in [4.78, 5) is 42.4. The molecule has 2 aliphatic heterocycles. The summed E-state index contributed by atoms with van der Waals surface area (Å²) in [6, 6.07) is 5.38. The van der Waals surface area contributed by atoms with Gasteiger partial charge in [0.2, 0.25) is 17.7 Å². The lowest BCUT2D eigenvalue weighted by atomic mass is 9.86. The van der Waals surface area contributed by atoms with Crippen LogP contribution in [0, 0.1) is 5.92 Å². The van der Waals surface area contributed by atoms with Crippen molar-refractivity contribution < 1.29 is 14.4 Å². The van der Waals surface area contributed by atoms with Crippen LogP contribution in [0.3, 0.4) is 0 Å². The molecule has 168 valence electrons. The molecule has 0 aromatic heterocycles. The monoisotopic (exact) mass is 463 g/mol. The van der Waals surface area contributed by atoms with Gasteiger partial charge in [0.15, 0.2) is 0 Å². The molecule has 0 radical (unpaired) electrons. The van der Waals surface area contributed by atoms with Crippen LogP contribution in [0.5, 0.6) is 0 Å². The Hall–Kier alpha value is -1.73. The van der Waals surface area contributed by atoms with E-state index in [-0.39, 0.29) is 24.1 Å². The third kappa shape index (κ3) is 5.75. The van der Waals surface area contributed by atoms with E-state index in [4.69, 9.17) is 11.6 Å². The van der Waals surface area contributed by atoms with Gasteiger partial charge in [0.05, 0.1) is 10.9 Å². The molecule has 1 N–H and O–H groups in total. The molecule has 1 unspecified atom stereocenters. The molecular formula is C23H30ClN3O3S. The van der Waals surface area contributed by atoms with Gasteiger partial charge in [-0.2, -0.15) is 0 Å². The minimum absolute atomic E-state index is 0.0284. The number of rotatable bonds is 5. The van der Waals surface area contributed by atoms with E-state index in [2.05, 4.69) is 5.32 Å². The first kappa shape index (κ1) is 22.5. The second-order valence-electron chi connectivity index (χ2n) is 8.74. The van der Waals surface area contributed by atoms with Crippen LogP contribution in [0.25, 0.3) is 0 Å². The number of amides is 3. The fourth-order valence-corrected chi connectivity index (χ4v) is 5.97. The molecule has 1 aromatic carbocycles. The van der Waals surface area contributed by atoms with Crippen molar-refractivity contribution >= 4 is 46.8 Å². The summed E-state index contributed by atoms with van der Waals surface area (Å²) in [5.41, 5.74) is 0.701. The van der Waals surface area contributed by atoms with Gasteiger partial charge in [-0.3, -0.25) is 14.4 Å². The van der Waals surface area contributed by atoms with E-state index < -0.39 is 5.25 Å². The number of hydrogen-bond donors (Lipinski definition) is 1. The third-order valence-corrected chi connectivity index (χ3v) is 8.11. The maximum absolute atomic E-state index is 12.8. The van der Waals surface area contributed by atoms with Crippen LogP contribution >= 0.6 is 23.4 Å². The van der Waals surface area contributed by atoms with Gasteiger partial charge < -0.3 is 15.1 Å². The molecule has 0 bridgehead atoms. The molecule has 31 heavy (non-hydrogen) atoms. The first-order chi connectivity index (χ1) is 15.0. The Bertz CT molecular complexity index is 835. The molecule has 1 atom stereocenters. The number of halogens is 1. The molecule has 3 amide bonds. The van der Waals surface area contributed by atoms with Crippen LogP contribution in [0.15, 0.2) is 23.1 Å². The molecule has 2 fully saturated rings. The highest BCUT2D eigenvalue weighted by molar-refractivity contribution is 8.01. The van der Waals surface area contributed by atoms with Gasteiger partial charge in [0.1, 0.15) is 0 Å².